The SMILES string of the molecule is CC1(C)C(=O)Nc2nccc(-c3nn([C@H]4CCNC4)c4ccc(F)cc34)c21. The van der Waals surface area contributed by atoms with Gasteiger partial charge in [0, 0.05) is 29.3 Å². The minimum absolute atomic E-state index is 0.0904. The molecule has 6 nitrogen and oxygen atoms in total. The zero-order valence-corrected chi connectivity index (χ0v) is 15.2. The lowest BCUT2D eigenvalue weighted by atomic mass is 9.83. The van der Waals surface area contributed by atoms with E-state index in [1.54, 1.807) is 12.3 Å². The normalized spacial score (nSPS) is 20.9. The summed E-state index contributed by atoms with van der Waals surface area (Å²) in [4.78, 5) is 16.7. The van der Waals surface area contributed by atoms with E-state index >= 15 is 0 Å². The molecule has 27 heavy (non-hydrogen) atoms. The van der Waals surface area contributed by atoms with Gasteiger partial charge < -0.3 is 10.6 Å². The standard InChI is InChI=1S/C20H20FN5O/c1-20(2)16-13(6-8-23-18(16)24-19(20)27)17-14-9-11(21)3-4-15(14)26(25-17)12-5-7-22-10-12/h3-4,6,8-9,12,22H,5,7,10H2,1-2H3,(H,23,24,27)/t12-/m0/s1. The summed E-state index contributed by atoms with van der Waals surface area (Å²) in [6.45, 7) is 5.53. The van der Waals surface area contributed by atoms with Crippen molar-refractivity contribution in [2.45, 2.75) is 31.7 Å². The number of rotatable bonds is 2. The number of hydrogen-bond acceptors (Lipinski definition) is 4. The van der Waals surface area contributed by atoms with E-state index in [0.717, 1.165) is 41.5 Å². The largest absolute Gasteiger partial charge is 0.315 e. The predicted octanol–water partition coefficient (Wildman–Crippen LogP) is 3.00. The third-order valence-corrected chi connectivity index (χ3v) is 5.68. The van der Waals surface area contributed by atoms with Gasteiger partial charge in [-0.2, -0.15) is 5.10 Å². The van der Waals surface area contributed by atoms with Crippen LogP contribution in [0.25, 0.3) is 22.2 Å². The zero-order chi connectivity index (χ0) is 18.8. The van der Waals surface area contributed by atoms with Gasteiger partial charge in [0.2, 0.25) is 5.91 Å². The van der Waals surface area contributed by atoms with E-state index < -0.39 is 5.41 Å². The molecule has 0 spiro atoms. The number of benzene rings is 1. The number of amides is 1. The van der Waals surface area contributed by atoms with Crippen LogP contribution in [0.2, 0.25) is 0 Å². The van der Waals surface area contributed by atoms with Gasteiger partial charge in [-0.25, -0.2) is 9.37 Å². The molecule has 0 saturated carbocycles. The molecule has 0 bridgehead atoms. The van der Waals surface area contributed by atoms with Crippen molar-refractivity contribution in [2.75, 3.05) is 18.4 Å². The Bertz CT molecular complexity index is 1080. The van der Waals surface area contributed by atoms with Crippen molar-refractivity contribution in [3.05, 3.63) is 41.8 Å². The Balaban J connectivity index is 1.79. The number of fused-ring (bicyclic) bond motifs is 2. The number of aromatic nitrogens is 3. The number of nitrogens with zero attached hydrogens (tertiary/aromatic N) is 3. The van der Waals surface area contributed by atoms with Crippen molar-refractivity contribution in [1.82, 2.24) is 20.1 Å². The highest BCUT2D eigenvalue weighted by Gasteiger charge is 2.42. The summed E-state index contributed by atoms with van der Waals surface area (Å²) in [7, 11) is 0. The monoisotopic (exact) mass is 365 g/mol. The summed E-state index contributed by atoms with van der Waals surface area (Å²) in [5, 5.41) is 11.9. The van der Waals surface area contributed by atoms with Gasteiger partial charge in [-0.1, -0.05) is 0 Å². The van der Waals surface area contributed by atoms with Gasteiger partial charge >= 0.3 is 0 Å². The molecule has 1 fully saturated rings. The fourth-order valence-corrected chi connectivity index (χ4v) is 4.20. The maximum absolute atomic E-state index is 14.1. The Morgan fingerprint density at radius 2 is 2.15 bits per heavy atom. The summed E-state index contributed by atoms with van der Waals surface area (Å²) >= 11 is 0. The third kappa shape index (κ3) is 2.31. The fourth-order valence-electron chi connectivity index (χ4n) is 4.20. The van der Waals surface area contributed by atoms with Gasteiger partial charge in [0.25, 0.3) is 0 Å². The number of hydrogen-bond donors (Lipinski definition) is 2. The molecule has 2 aromatic heterocycles. The first-order valence-electron chi connectivity index (χ1n) is 9.16. The lowest BCUT2D eigenvalue weighted by Gasteiger charge is -2.17. The molecular formula is C20H20FN5O. The minimum atomic E-state index is -0.725. The molecule has 2 aliphatic rings. The van der Waals surface area contributed by atoms with Crippen LogP contribution in [0.15, 0.2) is 30.5 Å². The van der Waals surface area contributed by atoms with Gasteiger partial charge in [0.1, 0.15) is 17.3 Å². The van der Waals surface area contributed by atoms with Gasteiger partial charge in [-0.15, -0.1) is 0 Å². The van der Waals surface area contributed by atoms with Crippen LogP contribution in [-0.2, 0) is 10.2 Å². The summed E-state index contributed by atoms with van der Waals surface area (Å²) in [5.41, 5.74) is 2.51. The Kier molecular flexibility index (Phi) is 3.40. The van der Waals surface area contributed by atoms with Crippen molar-refractivity contribution in [2.24, 2.45) is 0 Å². The Hall–Kier alpha value is -2.80. The molecule has 1 saturated heterocycles. The van der Waals surface area contributed by atoms with Gasteiger partial charge in [0.05, 0.1) is 17.0 Å². The Morgan fingerprint density at radius 1 is 1.30 bits per heavy atom. The van der Waals surface area contributed by atoms with Crippen molar-refractivity contribution in [3.63, 3.8) is 0 Å². The maximum atomic E-state index is 14.1. The van der Waals surface area contributed by atoms with Crippen LogP contribution in [0.5, 0.6) is 0 Å². The molecular weight excluding hydrogens is 345 g/mol. The molecule has 3 aromatic rings. The summed E-state index contributed by atoms with van der Waals surface area (Å²) < 4.78 is 16.1. The molecule has 1 amide bonds. The number of anilines is 1. The molecule has 138 valence electrons. The lowest BCUT2D eigenvalue weighted by molar-refractivity contribution is -0.119. The van der Waals surface area contributed by atoms with Gasteiger partial charge in [-0.05, 0) is 51.1 Å². The molecule has 5 rings (SSSR count). The van der Waals surface area contributed by atoms with Crippen LogP contribution < -0.4 is 10.6 Å². The predicted molar refractivity (Wildman–Crippen MR) is 101 cm³/mol. The molecule has 0 radical (unpaired) electrons. The smallest absolute Gasteiger partial charge is 0.235 e. The number of pyridine rings is 1. The number of carbonyl (C=O) groups excluding carboxylic acids is 1. The second-order valence-electron chi connectivity index (χ2n) is 7.76. The van der Waals surface area contributed by atoms with E-state index in [0.29, 0.717) is 11.5 Å². The van der Waals surface area contributed by atoms with Gasteiger partial charge in [-0.3, -0.25) is 9.48 Å². The molecule has 0 aliphatic carbocycles. The van der Waals surface area contributed by atoms with Gasteiger partial charge in [0.15, 0.2) is 0 Å². The zero-order valence-electron chi connectivity index (χ0n) is 15.2. The Morgan fingerprint density at radius 3 is 2.93 bits per heavy atom. The van der Waals surface area contributed by atoms with E-state index in [1.165, 1.54) is 12.1 Å². The first-order chi connectivity index (χ1) is 13.0. The van der Waals surface area contributed by atoms with Crippen LogP contribution in [-0.4, -0.2) is 33.8 Å². The number of halogens is 1. The second-order valence-corrected chi connectivity index (χ2v) is 7.76. The van der Waals surface area contributed by atoms with Crippen LogP contribution >= 0.6 is 0 Å². The van der Waals surface area contributed by atoms with Crippen molar-refractivity contribution >= 4 is 22.6 Å². The molecule has 2 aliphatic heterocycles. The first-order valence-corrected chi connectivity index (χ1v) is 9.16. The molecule has 1 atom stereocenters. The van der Waals surface area contributed by atoms with Crippen LogP contribution in [0, 0.1) is 5.82 Å². The molecule has 0 unspecified atom stereocenters. The molecule has 7 heteroatoms. The fraction of sp³-hybridized carbons (Fsp3) is 0.350. The number of carbonyl (C=O) groups is 1. The lowest BCUT2D eigenvalue weighted by Crippen LogP contribution is -2.27. The topological polar surface area (TPSA) is 71.8 Å². The minimum Gasteiger partial charge on any atom is -0.315 e. The highest BCUT2D eigenvalue weighted by atomic mass is 19.1. The van der Waals surface area contributed by atoms with Crippen LogP contribution in [0.3, 0.4) is 0 Å². The Labute approximate surface area is 155 Å². The van der Waals surface area contributed by atoms with E-state index in [1.807, 2.05) is 24.6 Å². The number of nitrogens with one attached hydrogen (secondary N) is 2. The molecule has 2 N–H and O–H groups in total. The highest BCUT2D eigenvalue weighted by molar-refractivity contribution is 6.08. The van der Waals surface area contributed by atoms with E-state index in [4.69, 9.17) is 5.10 Å². The average Bonchev–Trinajstić information content (AvgIpc) is 3.32. The van der Waals surface area contributed by atoms with Crippen LogP contribution in [0.1, 0.15) is 31.9 Å². The maximum Gasteiger partial charge on any atom is 0.235 e. The van der Waals surface area contributed by atoms with Crippen molar-refractivity contribution in [3.8, 4) is 11.3 Å². The average molecular weight is 365 g/mol. The molecule has 4 heterocycles. The van der Waals surface area contributed by atoms with E-state index in [-0.39, 0.29) is 17.8 Å². The second kappa shape index (κ2) is 5.60. The van der Waals surface area contributed by atoms with E-state index in [2.05, 4.69) is 15.6 Å². The molecule has 1 aromatic carbocycles. The summed E-state index contributed by atoms with van der Waals surface area (Å²) in [5.74, 6) is 0.170. The van der Waals surface area contributed by atoms with Crippen molar-refractivity contribution < 1.29 is 9.18 Å². The third-order valence-electron chi connectivity index (χ3n) is 5.68. The first kappa shape index (κ1) is 16.4. The highest BCUT2D eigenvalue weighted by Crippen LogP contribution is 2.44. The van der Waals surface area contributed by atoms with Crippen molar-refractivity contribution in [1.29, 1.82) is 0 Å². The van der Waals surface area contributed by atoms with Crippen LogP contribution in [0.4, 0.5) is 10.2 Å². The summed E-state index contributed by atoms with van der Waals surface area (Å²) in [6.07, 6.45) is 2.64. The summed E-state index contributed by atoms with van der Waals surface area (Å²) in [6, 6.07) is 6.88. The quantitative estimate of drug-likeness (QED) is 0.732. The van der Waals surface area contributed by atoms with E-state index in [9.17, 15) is 9.18 Å².